The van der Waals surface area contributed by atoms with Crippen LogP contribution >= 0.6 is 15.9 Å². The molecule has 0 fully saturated rings. The van der Waals surface area contributed by atoms with Gasteiger partial charge in [0.2, 0.25) is 0 Å². The Morgan fingerprint density at radius 3 is 2.81 bits per heavy atom. The molecule has 21 heavy (non-hydrogen) atoms. The number of ether oxygens (including phenoxy) is 1. The molecule has 2 amide bonds. The van der Waals surface area contributed by atoms with Crippen LogP contribution in [0.5, 0.6) is 5.75 Å². The molecule has 2 rings (SSSR count). The van der Waals surface area contributed by atoms with Crippen LogP contribution in [-0.2, 0) is 6.54 Å². The first-order valence-electron chi connectivity index (χ1n) is 6.52. The van der Waals surface area contributed by atoms with E-state index in [2.05, 4.69) is 26.6 Å². The molecule has 0 aliphatic rings. The molecule has 0 saturated carbocycles. The van der Waals surface area contributed by atoms with Crippen molar-refractivity contribution in [2.45, 2.75) is 13.5 Å². The Labute approximate surface area is 132 Å². The predicted molar refractivity (Wildman–Crippen MR) is 87.7 cm³/mol. The van der Waals surface area contributed by atoms with Crippen LogP contribution in [0.4, 0.5) is 10.5 Å². The molecular formula is C16H17BrN2O2. The highest BCUT2D eigenvalue weighted by Crippen LogP contribution is 2.20. The zero-order chi connectivity index (χ0) is 15.2. The highest BCUT2D eigenvalue weighted by Gasteiger charge is 2.05. The molecule has 2 aromatic carbocycles. The number of hydrogen-bond acceptors (Lipinski definition) is 2. The van der Waals surface area contributed by atoms with Crippen molar-refractivity contribution in [3.05, 3.63) is 58.1 Å². The first-order valence-corrected chi connectivity index (χ1v) is 7.31. The third-order valence-electron chi connectivity index (χ3n) is 3.04. The zero-order valence-corrected chi connectivity index (χ0v) is 13.5. The van der Waals surface area contributed by atoms with Gasteiger partial charge in [0.05, 0.1) is 7.11 Å². The lowest BCUT2D eigenvalue weighted by Crippen LogP contribution is -2.28. The monoisotopic (exact) mass is 348 g/mol. The standard InChI is InChI=1S/C16H17BrN2O2/c1-11-6-7-13(17)9-15(11)19-16(20)18-10-12-4-3-5-14(8-12)21-2/h3-9H,10H2,1-2H3,(H2,18,19,20). The van der Waals surface area contributed by atoms with Gasteiger partial charge in [0.15, 0.2) is 0 Å². The Morgan fingerprint density at radius 1 is 1.24 bits per heavy atom. The van der Waals surface area contributed by atoms with Gasteiger partial charge in [-0.05, 0) is 42.3 Å². The van der Waals surface area contributed by atoms with Crippen LogP contribution in [-0.4, -0.2) is 13.1 Å². The van der Waals surface area contributed by atoms with Crippen molar-refractivity contribution in [2.75, 3.05) is 12.4 Å². The average Bonchev–Trinajstić information content (AvgIpc) is 2.49. The molecule has 0 saturated heterocycles. The second-order valence-corrected chi connectivity index (χ2v) is 5.53. The summed E-state index contributed by atoms with van der Waals surface area (Å²) in [4.78, 5) is 11.9. The number of urea groups is 1. The third-order valence-corrected chi connectivity index (χ3v) is 3.53. The fraction of sp³-hybridized carbons (Fsp3) is 0.188. The predicted octanol–water partition coefficient (Wildman–Crippen LogP) is 4.09. The van der Waals surface area contributed by atoms with Crippen LogP contribution in [0, 0.1) is 6.92 Å². The van der Waals surface area contributed by atoms with Crippen molar-refractivity contribution >= 4 is 27.6 Å². The van der Waals surface area contributed by atoms with Crippen molar-refractivity contribution in [2.24, 2.45) is 0 Å². The van der Waals surface area contributed by atoms with E-state index >= 15 is 0 Å². The number of halogens is 1. The molecule has 0 unspecified atom stereocenters. The van der Waals surface area contributed by atoms with Gasteiger partial charge in [-0.2, -0.15) is 0 Å². The van der Waals surface area contributed by atoms with Gasteiger partial charge in [-0.25, -0.2) is 4.79 Å². The van der Waals surface area contributed by atoms with Crippen molar-refractivity contribution in [3.8, 4) is 5.75 Å². The van der Waals surface area contributed by atoms with Gasteiger partial charge in [0.1, 0.15) is 5.75 Å². The third kappa shape index (κ3) is 4.49. The van der Waals surface area contributed by atoms with E-state index in [4.69, 9.17) is 4.74 Å². The van der Waals surface area contributed by atoms with Gasteiger partial charge in [-0.15, -0.1) is 0 Å². The van der Waals surface area contributed by atoms with E-state index in [0.29, 0.717) is 6.54 Å². The molecular weight excluding hydrogens is 332 g/mol. The molecule has 2 aromatic rings. The Kier molecular flexibility index (Phi) is 5.22. The molecule has 110 valence electrons. The Hall–Kier alpha value is -2.01. The molecule has 0 aliphatic carbocycles. The fourth-order valence-corrected chi connectivity index (χ4v) is 2.22. The van der Waals surface area contributed by atoms with E-state index in [1.54, 1.807) is 7.11 Å². The lowest BCUT2D eigenvalue weighted by molar-refractivity contribution is 0.251. The smallest absolute Gasteiger partial charge is 0.319 e. The van der Waals surface area contributed by atoms with E-state index < -0.39 is 0 Å². The Morgan fingerprint density at radius 2 is 2.05 bits per heavy atom. The number of benzene rings is 2. The van der Waals surface area contributed by atoms with Crippen molar-refractivity contribution in [1.29, 1.82) is 0 Å². The summed E-state index contributed by atoms with van der Waals surface area (Å²) in [6, 6.07) is 13.1. The van der Waals surface area contributed by atoms with Gasteiger partial charge in [0, 0.05) is 16.7 Å². The number of aryl methyl sites for hydroxylation is 1. The van der Waals surface area contributed by atoms with Crippen LogP contribution < -0.4 is 15.4 Å². The van der Waals surface area contributed by atoms with E-state index in [0.717, 1.165) is 27.0 Å². The maximum Gasteiger partial charge on any atom is 0.319 e. The number of anilines is 1. The maximum atomic E-state index is 11.9. The second kappa shape index (κ2) is 7.13. The summed E-state index contributed by atoms with van der Waals surface area (Å²) < 4.78 is 6.08. The van der Waals surface area contributed by atoms with Crippen molar-refractivity contribution < 1.29 is 9.53 Å². The number of amides is 2. The normalized spacial score (nSPS) is 10.0. The summed E-state index contributed by atoms with van der Waals surface area (Å²) in [5.74, 6) is 0.776. The molecule has 2 N–H and O–H groups in total. The van der Waals surface area contributed by atoms with Crippen LogP contribution in [0.15, 0.2) is 46.9 Å². The van der Waals surface area contributed by atoms with E-state index in [-0.39, 0.29) is 6.03 Å². The maximum absolute atomic E-state index is 11.9. The fourth-order valence-electron chi connectivity index (χ4n) is 1.86. The largest absolute Gasteiger partial charge is 0.497 e. The number of carbonyl (C=O) groups is 1. The first-order chi connectivity index (χ1) is 10.1. The van der Waals surface area contributed by atoms with E-state index in [9.17, 15) is 4.79 Å². The number of nitrogens with one attached hydrogen (secondary N) is 2. The zero-order valence-electron chi connectivity index (χ0n) is 11.9. The molecule has 0 aromatic heterocycles. The van der Waals surface area contributed by atoms with Crippen LogP contribution in [0.3, 0.4) is 0 Å². The number of methoxy groups -OCH3 is 1. The number of hydrogen-bond donors (Lipinski definition) is 2. The van der Waals surface area contributed by atoms with Gasteiger partial charge in [0.25, 0.3) is 0 Å². The second-order valence-electron chi connectivity index (χ2n) is 4.62. The summed E-state index contributed by atoms with van der Waals surface area (Å²) in [5.41, 5.74) is 2.78. The molecule has 0 heterocycles. The quantitative estimate of drug-likeness (QED) is 0.874. The lowest BCUT2D eigenvalue weighted by Gasteiger charge is -2.11. The van der Waals surface area contributed by atoms with Crippen LogP contribution in [0.25, 0.3) is 0 Å². The highest BCUT2D eigenvalue weighted by molar-refractivity contribution is 9.10. The summed E-state index contributed by atoms with van der Waals surface area (Å²) >= 11 is 3.39. The summed E-state index contributed by atoms with van der Waals surface area (Å²) in [6.07, 6.45) is 0. The summed E-state index contributed by atoms with van der Waals surface area (Å²) in [6.45, 7) is 2.39. The van der Waals surface area contributed by atoms with Crippen molar-refractivity contribution in [1.82, 2.24) is 5.32 Å². The SMILES string of the molecule is COc1cccc(CNC(=O)Nc2cc(Br)ccc2C)c1. The van der Waals surface area contributed by atoms with Gasteiger partial charge in [-0.3, -0.25) is 0 Å². The molecule has 0 aliphatic heterocycles. The minimum absolute atomic E-state index is 0.237. The molecule has 5 heteroatoms. The summed E-state index contributed by atoms with van der Waals surface area (Å²) in [7, 11) is 1.62. The molecule has 4 nitrogen and oxygen atoms in total. The van der Waals surface area contributed by atoms with Crippen LogP contribution in [0.1, 0.15) is 11.1 Å². The topological polar surface area (TPSA) is 50.4 Å². The van der Waals surface area contributed by atoms with Crippen LogP contribution in [0.2, 0.25) is 0 Å². The minimum Gasteiger partial charge on any atom is -0.497 e. The van der Waals surface area contributed by atoms with Gasteiger partial charge >= 0.3 is 6.03 Å². The Balaban J connectivity index is 1.94. The van der Waals surface area contributed by atoms with Gasteiger partial charge in [-0.1, -0.05) is 34.1 Å². The van der Waals surface area contributed by atoms with E-state index in [1.165, 1.54) is 0 Å². The molecule has 0 bridgehead atoms. The van der Waals surface area contributed by atoms with Crippen molar-refractivity contribution in [3.63, 3.8) is 0 Å². The molecule has 0 radical (unpaired) electrons. The number of rotatable bonds is 4. The highest BCUT2D eigenvalue weighted by atomic mass is 79.9. The molecule has 0 atom stereocenters. The first kappa shape index (κ1) is 15.4. The summed E-state index contributed by atoms with van der Waals surface area (Å²) in [5, 5.41) is 5.66. The average molecular weight is 349 g/mol. The van der Waals surface area contributed by atoms with E-state index in [1.807, 2.05) is 49.4 Å². The Bertz CT molecular complexity index is 644. The minimum atomic E-state index is -0.237. The lowest BCUT2D eigenvalue weighted by atomic mass is 10.2. The number of carbonyl (C=O) groups excluding carboxylic acids is 1. The van der Waals surface area contributed by atoms with Gasteiger partial charge < -0.3 is 15.4 Å². The molecule has 0 spiro atoms.